The van der Waals surface area contributed by atoms with Crippen LogP contribution in [-0.2, 0) is 19.1 Å². The number of amides is 2. The van der Waals surface area contributed by atoms with Crippen LogP contribution in [0.1, 0.15) is 39.2 Å². The van der Waals surface area contributed by atoms with Gasteiger partial charge in [0.25, 0.3) is 0 Å². The number of esters is 1. The van der Waals surface area contributed by atoms with Crippen LogP contribution in [0.5, 0.6) is 0 Å². The number of amidine groups is 1. The zero-order valence-corrected chi connectivity index (χ0v) is 19.0. The molecule has 0 spiro atoms. The molecule has 0 bridgehead atoms. The Morgan fingerprint density at radius 3 is 2.53 bits per heavy atom. The van der Waals surface area contributed by atoms with Crippen molar-refractivity contribution in [2.75, 3.05) is 44.2 Å². The number of piperazine rings is 1. The van der Waals surface area contributed by atoms with E-state index < -0.39 is 0 Å². The van der Waals surface area contributed by atoms with Gasteiger partial charge in [-0.15, -0.1) is 0 Å². The van der Waals surface area contributed by atoms with Gasteiger partial charge in [0.1, 0.15) is 0 Å². The number of nitrogens with two attached hydrogens (primary N) is 1. The third kappa shape index (κ3) is 7.44. The number of rotatable bonds is 10. The Hall–Kier alpha value is -3.30. The molecule has 32 heavy (non-hydrogen) atoms. The van der Waals surface area contributed by atoms with E-state index in [2.05, 4.69) is 10.5 Å². The molecule has 0 unspecified atom stereocenters. The lowest BCUT2D eigenvalue weighted by Gasteiger charge is -2.35. The minimum Gasteiger partial charge on any atom is -0.466 e. The second-order valence-electron chi connectivity index (χ2n) is 8.51. The molecule has 0 atom stereocenters. The number of anilines is 1. The lowest BCUT2D eigenvalue weighted by Crippen LogP contribution is -2.53. The maximum Gasteiger partial charge on any atom is 0.305 e. The summed E-state index contributed by atoms with van der Waals surface area (Å²) in [5.74, 6) is -0.574. The summed E-state index contributed by atoms with van der Waals surface area (Å²) in [5, 5.41) is 14.6. The van der Waals surface area contributed by atoms with Crippen LogP contribution in [0.2, 0.25) is 0 Å². The largest absolute Gasteiger partial charge is 0.466 e. The van der Waals surface area contributed by atoms with E-state index in [9.17, 15) is 14.4 Å². The fourth-order valence-electron chi connectivity index (χ4n) is 3.33. The highest BCUT2D eigenvalue weighted by Gasteiger charge is 2.27. The van der Waals surface area contributed by atoms with E-state index in [1.54, 1.807) is 36.1 Å². The van der Waals surface area contributed by atoms with Crippen molar-refractivity contribution in [2.45, 2.75) is 33.6 Å². The zero-order valence-electron chi connectivity index (χ0n) is 19.0. The Morgan fingerprint density at radius 2 is 1.94 bits per heavy atom. The number of carbonyl (C=O) groups excluding carboxylic acids is 3. The summed E-state index contributed by atoms with van der Waals surface area (Å²) in [6.07, 6.45) is 0.899. The molecule has 4 N–H and O–H groups in total. The minimum absolute atomic E-state index is 0.00304. The van der Waals surface area contributed by atoms with Crippen LogP contribution in [-0.4, -0.2) is 73.1 Å². The Bertz CT molecular complexity index is 838. The van der Waals surface area contributed by atoms with Crippen LogP contribution in [0.4, 0.5) is 5.69 Å². The van der Waals surface area contributed by atoms with Crippen molar-refractivity contribution in [3.63, 3.8) is 0 Å². The van der Waals surface area contributed by atoms with E-state index in [1.807, 2.05) is 18.7 Å². The summed E-state index contributed by atoms with van der Waals surface area (Å²) >= 11 is 0. The smallest absolute Gasteiger partial charge is 0.305 e. The first kappa shape index (κ1) is 25.0. The van der Waals surface area contributed by atoms with Crippen LogP contribution < -0.4 is 16.0 Å². The molecule has 2 amide bonds. The third-order valence-electron chi connectivity index (χ3n) is 5.36. The average molecular weight is 448 g/mol. The van der Waals surface area contributed by atoms with E-state index in [-0.39, 0.29) is 42.1 Å². The van der Waals surface area contributed by atoms with Crippen molar-refractivity contribution in [1.82, 2.24) is 10.2 Å². The van der Waals surface area contributed by atoms with Crippen LogP contribution in [0.25, 0.3) is 0 Å². The molecule has 0 aromatic heterocycles. The molecule has 0 aliphatic carbocycles. The molecule has 1 aliphatic rings. The summed E-state index contributed by atoms with van der Waals surface area (Å²) in [7, 11) is 0. The van der Waals surface area contributed by atoms with Crippen molar-refractivity contribution in [3.8, 4) is 0 Å². The Morgan fingerprint density at radius 1 is 1.25 bits per heavy atom. The van der Waals surface area contributed by atoms with Gasteiger partial charge in [-0.2, -0.15) is 0 Å². The molecule has 0 saturated carbocycles. The van der Waals surface area contributed by atoms with E-state index in [0.29, 0.717) is 44.6 Å². The highest BCUT2D eigenvalue weighted by Crippen LogP contribution is 2.22. The van der Waals surface area contributed by atoms with E-state index in [0.717, 1.165) is 5.69 Å². The van der Waals surface area contributed by atoms with Crippen molar-refractivity contribution in [2.24, 2.45) is 16.3 Å². The number of nitrogens with one attached hydrogen (secondary N) is 1. The van der Waals surface area contributed by atoms with Gasteiger partial charge >= 0.3 is 5.97 Å². The molecule has 10 heteroatoms. The number of benzene rings is 1. The SMILES string of the molecule is CCOC(=O)CCC(C)(C)CNC(=O)CN1CCN(c2ccc(/C(N)=N\O)cc2)CC1=O. The van der Waals surface area contributed by atoms with Crippen LogP contribution >= 0.6 is 0 Å². The Labute approximate surface area is 188 Å². The van der Waals surface area contributed by atoms with Crippen molar-refractivity contribution >= 4 is 29.3 Å². The normalized spacial score (nSPS) is 15.0. The highest BCUT2D eigenvalue weighted by atomic mass is 16.5. The summed E-state index contributed by atoms with van der Waals surface area (Å²) in [6.45, 7) is 7.67. The van der Waals surface area contributed by atoms with E-state index in [1.165, 1.54) is 0 Å². The van der Waals surface area contributed by atoms with Gasteiger partial charge < -0.3 is 30.8 Å². The van der Waals surface area contributed by atoms with Crippen LogP contribution in [0.15, 0.2) is 29.4 Å². The average Bonchev–Trinajstić information content (AvgIpc) is 2.77. The number of hydrogen-bond acceptors (Lipinski definition) is 7. The summed E-state index contributed by atoms with van der Waals surface area (Å²) in [4.78, 5) is 39.9. The standard InChI is InChI=1S/C22H33N5O5/c1-4-32-20(30)9-10-22(2,3)15-24-18(28)13-27-12-11-26(14-19(27)29)17-7-5-16(6-8-17)21(23)25-31/h5-8,31H,4,9-15H2,1-3H3,(H2,23,25)(H,24,28). The van der Waals surface area contributed by atoms with Gasteiger partial charge in [-0.05, 0) is 43.0 Å². The quantitative estimate of drug-likeness (QED) is 0.159. The summed E-state index contributed by atoms with van der Waals surface area (Å²) in [6, 6.07) is 7.06. The summed E-state index contributed by atoms with van der Waals surface area (Å²) < 4.78 is 4.94. The number of ether oxygens (including phenoxy) is 1. The molecule has 2 rings (SSSR count). The fourth-order valence-corrected chi connectivity index (χ4v) is 3.33. The predicted octanol–water partition coefficient (Wildman–Crippen LogP) is 0.915. The van der Waals surface area contributed by atoms with Gasteiger partial charge in [0.2, 0.25) is 11.8 Å². The van der Waals surface area contributed by atoms with Gasteiger partial charge in [0.15, 0.2) is 5.84 Å². The Balaban J connectivity index is 1.80. The second-order valence-corrected chi connectivity index (χ2v) is 8.51. The first-order valence-electron chi connectivity index (χ1n) is 10.7. The van der Waals surface area contributed by atoms with Gasteiger partial charge in [0.05, 0.1) is 19.7 Å². The van der Waals surface area contributed by atoms with Crippen molar-refractivity contribution in [3.05, 3.63) is 29.8 Å². The predicted molar refractivity (Wildman–Crippen MR) is 120 cm³/mol. The molecule has 1 saturated heterocycles. The van der Waals surface area contributed by atoms with Gasteiger partial charge in [0, 0.05) is 37.3 Å². The molecule has 10 nitrogen and oxygen atoms in total. The molecule has 1 aromatic rings. The molecule has 176 valence electrons. The van der Waals surface area contributed by atoms with Gasteiger partial charge in [-0.1, -0.05) is 19.0 Å². The maximum absolute atomic E-state index is 12.6. The molecule has 0 radical (unpaired) electrons. The Kier molecular flexibility index (Phi) is 8.86. The number of hydrogen-bond donors (Lipinski definition) is 3. The lowest BCUT2D eigenvalue weighted by molar-refractivity contribution is -0.143. The van der Waals surface area contributed by atoms with Crippen LogP contribution in [0, 0.1) is 5.41 Å². The fraction of sp³-hybridized carbons (Fsp3) is 0.545. The van der Waals surface area contributed by atoms with Gasteiger partial charge in [-0.3, -0.25) is 14.4 Å². The second kappa shape index (κ2) is 11.4. The van der Waals surface area contributed by atoms with Crippen molar-refractivity contribution in [1.29, 1.82) is 0 Å². The van der Waals surface area contributed by atoms with E-state index >= 15 is 0 Å². The van der Waals surface area contributed by atoms with Crippen LogP contribution in [0.3, 0.4) is 0 Å². The molecule has 1 heterocycles. The summed E-state index contributed by atoms with van der Waals surface area (Å²) in [5.41, 5.74) is 6.74. The maximum atomic E-state index is 12.6. The number of carbonyl (C=O) groups is 3. The molecular formula is C22H33N5O5. The molecule has 1 fully saturated rings. The highest BCUT2D eigenvalue weighted by molar-refractivity contribution is 5.97. The minimum atomic E-state index is -0.262. The van der Waals surface area contributed by atoms with Gasteiger partial charge in [-0.25, -0.2) is 0 Å². The zero-order chi connectivity index (χ0) is 23.7. The monoisotopic (exact) mass is 447 g/mol. The number of nitrogens with zero attached hydrogens (tertiary/aromatic N) is 3. The lowest BCUT2D eigenvalue weighted by atomic mass is 9.88. The number of oxime groups is 1. The first-order chi connectivity index (χ1) is 15.1. The third-order valence-corrected chi connectivity index (χ3v) is 5.36. The topological polar surface area (TPSA) is 138 Å². The molecule has 1 aromatic carbocycles. The molecule has 1 aliphatic heterocycles. The van der Waals surface area contributed by atoms with E-state index in [4.69, 9.17) is 15.7 Å². The first-order valence-corrected chi connectivity index (χ1v) is 10.7. The molecular weight excluding hydrogens is 414 g/mol. The van der Waals surface area contributed by atoms with Crippen molar-refractivity contribution < 1.29 is 24.3 Å².